The van der Waals surface area contributed by atoms with Crippen molar-refractivity contribution in [3.05, 3.63) is 71.8 Å². The zero-order chi connectivity index (χ0) is 15.4. The highest BCUT2D eigenvalue weighted by molar-refractivity contribution is 6.01. The van der Waals surface area contributed by atoms with Gasteiger partial charge in [0.15, 0.2) is 0 Å². The normalized spacial score (nSPS) is 20.5. The van der Waals surface area contributed by atoms with Crippen LogP contribution < -0.4 is 5.43 Å². The molecule has 0 bridgehead atoms. The molecule has 0 unspecified atom stereocenters. The summed E-state index contributed by atoms with van der Waals surface area (Å²) in [5.74, 6) is 0.425. The second-order valence-corrected chi connectivity index (χ2v) is 5.61. The molecule has 1 fully saturated rings. The Balaban J connectivity index is 1.62. The van der Waals surface area contributed by atoms with E-state index < -0.39 is 0 Å². The van der Waals surface area contributed by atoms with Crippen molar-refractivity contribution < 1.29 is 4.79 Å². The third kappa shape index (κ3) is 3.25. The maximum atomic E-state index is 12.2. The molecule has 112 valence electrons. The van der Waals surface area contributed by atoms with Crippen molar-refractivity contribution in [2.24, 2.45) is 11.0 Å². The van der Waals surface area contributed by atoms with Gasteiger partial charge in [-0.05, 0) is 29.9 Å². The molecule has 0 radical (unpaired) electrons. The summed E-state index contributed by atoms with van der Waals surface area (Å²) in [6, 6.07) is 20.2. The first kappa shape index (κ1) is 14.5. The molecule has 3 rings (SSSR count). The molecule has 1 N–H and O–H groups in total. The lowest BCUT2D eigenvalue weighted by Gasteiger charge is -2.05. The maximum Gasteiger partial charge on any atom is 0.243 e. The van der Waals surface area contributed by atoms with E-state index in [1.54, 1.807) is 0 Å². The fourth-order valence-electron chi connectivity index (χ4n) is 2.74. The Morgan fingerprint density at radius 1 is 1.09 bits per heavy atom. The van der Waals surface area contributed by atoms with E-state index in [1.165, 1.54) is 5.56 Å². The smallest absolute Gasteiger partial charge is 0.243 e. The minimum atomic E-state index is 0.0238. The molecule has 0 heterocycles. The molecule has 1 amide bonds. The van der Waals surface area contributed by atoms with Crippen molar-refractivity contribution in [1.29, 1.82) is 0 Å². The van der Waals surface area contributed by atoms with Crippen LogP contribution in [0.2, 0.25) is 0 Å². The van der Waals surface area contributed by atoms with Gasteiger partial charge in [0.25, 0.3) is 0 Å². The number of nitrogens with zero attached hydrogens (tertiary/aromatic N) is 1. The second-order valence-electron chi connectivity index (χ2n) is 5.61. The van der Waals surface area contributed by atoms with Gasteiger partial charge in [-0.2, -0.15) is 5.10 Å². The van der Waals surface area contributed by atoms with Gasteiger partial charge in [-0.15, -0.1) is 0 Å². The first-order valence-electron chi connectivity index (χ1n) is 7.76. The van der Waals surface area contributed by atoms with Gasteiger partial charge in [-0.25, -0.2) is 5.43 Å². The summed E-state index contributed by atoms with van der Waals surface area (Å²) >= 11 is 0. The van der Waals surface area contributed by atoms with Crippen LogP contribution in [-0.4, -0.2) is 11.6 Å². The van der Waals surface area contributed by atoms with E-state index >= 15 is 0 Å². The molecular weight excluding hydrogens is 272 g/mol. The summed E-state index contributed by atoms with van der Waals surface area (Å²) in [6.45, 7) is 2.04. The lowest BCUT2D eigenvalue weighted by atomic mass is 10.1. The topological polar surface area (TPSA) is 41.5 Å². The summed E-state index contributed by atoms with van der Waals surface area (Å²) in [7, 11) is 0. The number of nitrogens with one attached hydrogen (secondary N) is 1. The molecular formula is C19H20N2O. The van der Waals surface area contributed by atoms with Crippen molar-refractivity contribution in [1.82, 2.24) is 5.43 Å². The van der Waals surface area contributed by atoms with E-state index in [9.17, 15) is 4.79 Å². The Morgan fingerprint density at radius 2 is 1.73 bits per heavy atom. The van der Waals surface area contributed by atoms with Gasteiger partial charge < -0.3 is 0 Å². The van der Waals surface area contributed by atoms with E-state index in [2.05, 4.69) is 22.7 Å². The highest BCUT2D eigenvalue weighted by Gasteiger charge is 2.43. The molecule has 1 aliphatic carbocycles. The van der Waals surface area contributed by atoms with E-state index in [1.807, 2.05) is 55.5 Å². The minimum absolute atomic E-state index is 0.0238. The lowest BCUT2D eigenvalue weighted by molar-refractivity contribution is -0.122. The first-order chi connectivity index (χ1) is 10.8. The van der Waals surface area contributed by atoms with Crippen LogP contribution in [-0.2, 0) is 4.79 Å². The van der Waals surface area contributed by atoms with E-state index in [0.717, 1.165) is 24.1 Å². The van der Waals surface area contributed by atoms with E-state index in [4.69, 9.17) is 0 Å². The highest BCUT2D eigenvalue weighted by atomic mass is 16.2. The van der Waals surface area contributed by atoms with Crippen LogP contribution in [0.1, 0.15) is 36.8 Å². The molecule has 3 nitrogen and oxygen atoms in total. The summed E-state index contributed by atoms with van der Waals surface area (Å²) in [4.78, 5) is 12.2. The van der Waals surface area contributed by atoms with E-state index in [-0.39, 0.29) is 11.8 Å². The van der Waals surface area contributed by atoms with Gasteiger partial charge in [0.1, 0.15) is 0 Å². The summed E-state index contributed by atoms with van der Waals surface area (Å²) in [5.41, 5.74) is 5.95. The predicted octanol–water partition coefficient (Wildman–Crippen LogP) is 3.72. The van der Waals surface area contributed by atoms with Crippen LogP contribution in [0, 0.1) is 5.92 Å². The molecule has 22 heavy (non-hydrogen) atoms. The van der Waals surface area contributed by atoms with Crippen LogP contribution in [0.25, 0.3) is 0 Å². The quantitative estimate of drug-likeness (QED) is 0.662. The van der Waals surface area contributed by atoms with Crippen LogP contribution in [0.15, 0.2) is 65.8 Å². The van der Waals surface area contributed by atoms with Crippen LogP contribution in [0.3, 0.4) is 0 Å². The van der Waals surface area contributed by atoms with Crippen LogP contribution in [0.4, 0.5) is 0 Å². The molecule has 2 aromatic carbocycles. The second kappa shape index (κ2) is 6.56. The third-order valence-electron chi connectivity index (χ3n) is 4.10. The maximum absolute atomic E-state index is 12.2. The van der Waals surface area contributed by atoms with E-state index in [0.29, 0.717) is 5.92 Å². The van der Waals surface area contributed by atoms with Crippen molar-refractivity contribution in [3.8, 4) is 0 Å². The number of hydrogen-bond acceptors (Lipinski definition) is 2. The Hall–Kier alpha value is -2.42. The van der Waals surface area contributed by atoms with Crippen LogP contribution >= 0.6 is 0 Å². The number of hydrazone groups is 1. The molecule has 0 aromatic heterocycles. The molecule has 0 spiro atoms. The number of carbonyl (C=O) groups excluding carboxylic acids is 1. The zero-order valence-electron chi connectivity index (χ0n) is 12.7. The third-order valence-corrected chi connectivity index (χ3v) is 4.10. The van der Waals surface area contributed by atoms with Crippen molar-refractivity contribution in [3.63, 3.8) is 0 Å². The molecule has 2 atom stereocenters. The van der Waals surface area contributed by atoms with Gasteiger partial charge in [0.2, 0.25) is 5.91 Å². The molecule has 2 aromatic rings. The molecule has 0 aliphatic heterocycles. The van der Waals surface area contributed by atoms with Gasteiger partial charge >= 0.3 is 0 Å². The minimum Gasteiger partial charge on any atom is -0.273 e. The molecule has 1 aliphatic rings. The van der Waals surface area contributed by atoms with Crippen molar-refractivity contribution >= 4 is 11.6 Å². The average Bonchev–Trinajstić information content (AvgIpc) is 3.38. The predicted molar refractivity (Wildman–Crippen MR) is 88.7 cm³/mol. The Bertz CT molecular complexity index is 664. The van der Waals surface area contributed by atoms with Gasteiger partial charge in [0.05, 0.1) is 5.71 Å². The molecule has 0 saturated heterocycles. The largest absolute Gasteiger partial charge is 0.273 e. The Morgan fingerprint density at radius 3 is 2.36 bits per heavy atom. The van der Waals surface area contributed by atoms with Gasteiger partial charge in [-0.1, -0.05) is 67.6 Å². The SMILES string of the molecule is CCC(=NNC(=O)[C@@H]1C[C@H]1c1ccccc1)c1ccccc1. The summed E-state index contributed by atoms with van der Waals surface area (Å²) in [6.07, 6.45) is 1.70. The number of rotatable bonds is 5. The van der Waals surface area contributed by atoms with Crippen molar-refractivity contribution in [2.75, 3.05) is 0 Å². The fraction of sp³-hybridized carbons (Fsp3) is 0.263. The standard InChI is InChI=1S/C19H20N2O/c1-2-18(15-11-7-4-8-12-15)20-21-19(22)17-13-16(17)14-9-5-3-6-10-14/h3-12,16-17H,2,13H2,1H3,(H,21,22)/t16-,17+/m0/s1. The zero-order valence-corrected chi connectivity index (χ0v) is 12.7. The fourth-order valence-corrected chi connectivity index (χ4v) is 2.74. The monoisotopic (exact) mass is 292 g/mol. The van der Waals surface area contributed by atoms with Crippen LogP contribution in [0.5, 0.6) is 0 Å². The average molecular weight is 292 g/mol. The summed E-state index contributed by atoms with van der Waals surface area (Å²) in [5, 5.41) is 4.32. The number of hydrogen-bond donors (Lipinski definition) is 1. The Labute approximate surface area is 131 Å². The number of benzene rings is 2. The molecule has 1 saturated carbocycles. The Kier molecular flexibility index (Phi) is 4.33. The summed E-state index contributed by atoms with van der Waals surface area (Å²) < 4.78 is 0. The van der Waals surface area contributed by atoms with Crippen molar-refractivity contribution in [2.45, 2.75) is 25.7 Å². The van der Waals surface area contributed by atoms with Gasteiger partial charge in [0, 0.05) is 5.92 Å². The highest BCUT2D eigenvalue weighted by Crippen LogP contribution is 2.47. The number of amides is 1. The van der Waals surface area contributed by atoms with Gasteiger partial charge in [-0.3, -0.25) is 4.79 Å². The first-order valence-corrected chi connectivity index (χ1v) is 7.76. The molecule has 3 heteroatoms. The lowest BCUT2D eigenvalue weighted by Crippen LogP contribution is -2.22. The number of carbonyl (C=O) groups is 1.